The lowest BCUT2D eigenvalue weighted by Gasteiger charge is -2.14. The molecule has 0 spiro atoms. The summed E-state index contributed by atoms with van der Waals surface area (Å²) in [6.07, 6.45) is 8.65. The van der Waals surface area contributed by atoms with Gasteiger partial charge in [-0.15, -0.1) is 0 Å². The Labute approximate surface area is 106 Å². The first-order valence-electron chi connectivity index (χ1n) is 7.11. The third kappa shape index (κ3) is 4.51. The SMILES string of the molecule is Cc1ccc(CNCC2CCCCCC2)cc1. The molecule has 0 radical (unpaired) electrons. The first-order valence-corrected chi connectivity index (χ1v) is 7.11. The minimum absolute atomic E-state index is 0.919. The van der Waals surface area contributed by atoms with Crippen molar-refractivity contribution in [3.05, 3.63) is 35.4 Å². The van der Waals surface area contributed by atoms with Crippen LogP contribution >= 0.6 is 0 Å². The Hall–Kier alpha value is -0.820. The summed E-state index contributed by atoms with van der Waals surface area (Å²) in [6.45, 7) is 4.37. The van der Waals surface area contributed by atoms with Gasteiger partial charge in [-0.3, -0.25) is 0 Å². The summed E-state index contributed by atoms with van der Waals surface area (Å²) in [4.78, 5) is 0. The normalized spacial score (nSPS) is 17.9. The molecule has 0 aliphatic heterocycles. The summed E-state index contributed by atoms with van der Waals surface area (Å²) in [6, 6.07) is 8.86. The number of hydrogen-bond acceptors (Lipinski definition) is 1. The van der Waals surface area contributed by atoms with Crippen molar-refractivity contribution in [1.29, 1.82) is 0 Å². The molecule has 0 heterocycles. The Kier molecular flexibility index (Phi) is 5.06. The Bertz CT molecular complexity index is 307. The summed E-state index contributed by atoms with van der Waals surface area (Å²) in [5, 5.41) is 3.62. The number of hydrogen-bond donors (Lipinski definition) is 1. The van der Waals surface area contributed by atoms with E-state index >= 15 is 0 Å². The van der Waals surface area contributed by atoms with E-state index in [0.717, 1.165) is 12.5 Å². The maximum Gasteiger partial charge on any atom is 0.0205 e. The average Bonchev–Trinajstić information content (AvgIpc) is 2.60. The number of rotatable bonds is 4. The summed E-state index contributed by atoms with van der Waals surface area (Å²) >= 11 is 0. The van der Waals surface area contributed by atoms with Crippen LogP contribution in [0.15, 0.2) is 24.3 Å². The van der Waals surface area contributed by atoms with Crippen molar-refractivity contribution in [3.8, 4) is 0 Å². The van der Waals surface area contributed by atoms with Crippen molar-refractivity contribution in [2.75, 3.05) is 6.54 Å². The number of benzene rings is 1. The summed E-state index contributed by atoms with van der Waals surface area (Å²) < 4.78 is 0. The monoisotopic (exact) mass is 231 g/mol. The van der Waals surface area contributed by atoms with Crippen LogP contribution in [-0.2, 0) is 6.54 Å². The van der Waals surface area contributed by atoms with Crippen molar-refractivity contribution in [2.24, 2.45) is 5.92 Å². The highest BCUT2D eigenvalue weighted by Crippen LogP contribution is 2.22. The van der Waals surface area contributed by atoms with Crippen molar-refractivity contribution in [3.63, 3.8) is 0 Å². The highest BCUT2D eigenvalue weighted by molar-refractivity contribution is 5.21. The average molecular weight is 231 g/mol. The van der Waals surface area contributed by atoms with Crippen LogP contribution in [0.4, 0.5) is 0 Å². The van der Waals surface area contributed by atoms with Gasteiger partial charge >= 0.3 is 0 Å². The molecule has 0 unspecified atom stereocenters. The van der Waals surface area contributed by atoms with E-state index in [1.165, 1.54) is 56.2 Å². The van der Waals surface area contributed by atoms with Gasteiger partial charge in [-0.1, -0.05) is 55.5 Å². The van der Waals surface area contributed by atoms with Gasteiger partial charge in [0.2, 0.25) is 0 Å². The molecule has 0 atom stereocenters. The molecule has 0 aromatic heterocycles. The van der Waals surface area contributed by atoms with E-state index in [1.807, 2.05) is 0 Å². The fraction of sp³-hybridized carbons (Fsp3) is 0.625. The zero-order valence-corrected chi connectivity index (χ0v) is 11.0. The highest BCUT2D eigenvalue weighted by Gasteiger charge is 2.11. The van der Waals surface area contributed by atoms with Crippen LogP contribution in [0.5, 0.6) is 0 Å². The molecule has 1 aliphatic rings. The van der Waals surface area contributed by atoms with Gasteiger partial charge in [-0.05, 0) is 37.8 Å². The first kappa shape index (κ1) is 12.6. The lowest BCUT2D eigenvalue weighted by atomic mass is 10.0. The molecule has 0 amide bonds. The largest absolute Gasteiger partial charge is 0.312 e. The molecule has 1 saturated carbocycles. The molecule has 1 nitrogen and oxygen atoms in total. The molecule has 1 heteroatoms. The van der Waals surface area contributed by atoms with Crippen molar-refractivity contribution in [2.45, 2.75) is 52.0 Å². The predicted molar refractivity (Wildman–Crippen MR) is 74.1 cm³/mol. The first-order chi connectivity index (χ1) is 8.34. The second kappa shape index (κ2) is 6.80. The molecule has 2 rings (SSSR count). The van der Waals surface area contributed by atoms with Crippen LogP contribution in [0, 0.1) is 12.8 Å². The Morgan fingerprint density at radius 2 is 1.65 bits per heavy atom. The van der Waals surface area contributed by atoms with Crippen LogP contribution in [-0.4, -0.2) is 6.54 Å². The van der Waals surface area contributed by atoms with Crippen LogP contribution in [0.3, 0.4) is 0 Å². The van der Waals surface area contributed by atoms with Crippen molar-refractivity contribution in [1.82, 2.24) is 5.32 Å². The summed E-state index contributed by atoms with van der Waals surface area (Å²) in [5.41, 5.74) is 2.75. The van der Waals surface area contributed by atoms with Gasteiger partial charge in [0.1, 0.15) is 0 Å². The van der Waals surface area contributed by atoms with E-state index in [-0.39, 0.29) is 0 Å². The van der Waals surface area contributed by atoms with Gasteiger partial charge in [0.05, 0.1) is 0 Å². The van der Waals surface area contributed by atoms with Crippen molar-refractivity contribution >= 4 is 0 Å². The summed E-state index contributed by atoms with van der Waals surface area (Å²) in [5.74, 6) is 0.919. The molecule has 0 bridgehead atoms. The maximum atomic E-state index is 3.62. The van der Waals surface area contributed by atoms with Gasteiger partial charge in [0, 0.05) is 6.54 Å². The van der Waals surface area contributed by atoms with E-state index in [1.54, 1.807) is 0 Å². The van der Waals surface area contributed by atoms with E-state index in [0.29, 0.717) is 0 Å². The molecular formula is C16H25N. The molecule has 1 N–H and O–H groups in total. The molecule has 1 fully saturated rings. The molecule has 94 valence electrons. The molecule has 17 heavy (non-hydrogen) atoms. The van der Waals surface area contributed by atoms with E-state index < -0.39 is 0 Å². The summed E-state index contributed by atoms with van der Waals surface area (Å²) in [7, 11) is 0. The van der Waals surface area contributed by atoms with Crippen molar-refractivity contribution < 1.29 is 0 Å². The van der Waals surface area contributed by atoms with Gasteiger partial charge in [0.25, 0.3) is 0 Å². The molecule has 1 aromatic rings. The highest BCUT2D eigenvalue weighted by atomic mass is 14.9. The Morgan fingerprint density at radius 1 is 1.00 bits per heavy atom. The predicted octanol–water partition coefficient (Wildman–Crippen LogP) is 4.06. The van der Waals surface area contributed by atoms with Gasteiger partial charge < -0.3 is 5.32 Å². The van der Waals surface area contributed by atoms with Crippen LogP contribution < -0.4 is 5.32 Å². The zero-order chi connectivity index (χ0) is 11.9. The fourth-order valence-corrected chi connectivity index (χ4v) is 2.69. The lowest BCUT2D eigenvalue weighted by Crippen LogP contribution is -2.22. The number of aryl methyl sites for hydroxylation is 1. The molecule has 1 aromatic carbocycles. The van der Waals surface area contributed by atoms with Crippen LogP contribution in [0.25, 0.3) is 0 Å². The Morgan fingerprint density at radius 3 is 2.29 bits per heavy atom. The molecule has 1 aliphatic carbocycles. The topological polar surface area (TPSA) is 12.0 Å². The number of nitrogens with one attached hydrogen (secondary N) is 1. The third-order valence-corrected chi connectivity index (χ3v) is 3.86. The second-order valence-corrected chi connectivity index (χ2v) is 5.47. The standard InChI is InChI=1S/C16H25N/c1-14-8-10-16(11-9-14)13-17-12-15-6-4-2-3-5-7-15/h8-11,15,17H,2-7,12-13H2,1H3. The quantitative estimate of drug-likeness (QED) is 0.771. The van der Waals surface area contributed by atoms with Gasteiger partial charge in [0.15, 0.2) is 0 Å². The molecular weight excluding hydrogens is 206 g/mol. The lowest BCUT2D eigenvalue weighted by molar-refractivity contribution is 0.425. The molecule has 0 saturated heterocycles. The van der Waals surface area contributed by atoms with E-state index in [2.05, 4.69) is 36.5 Å². The van der Waals surface area contributed by atoms with Crippen LogP contribution in [0.2, 0.25) is 0 Å². The minimum atomic E-state index is 0.919. The van der Waals surface area contributed by atoms with E-state index in [9.17, 15) is 0 Å². The van der Waals surface area contributed by atoms with Gasteiger partial charge in [-0.2, -0.15) is 0 Å². The third-order valence-electron chi connectivity index (χ3n) is 3.86. The van der Waals surface area contributed by atoms with E-state index in [4.69, 9.17) is 0 Å². The maximum absolute atomic E-state index is 3.62. The minimum Gasteiger partial charge on any atom is -0.312 e. The van der Waals surface area contributed by atoms with Crippen LogP contribution in [0.1, 0.15) is 49.7 Å². The fourth-order valence-electron chi connectivity index (χ4n) is 2.69. The second-order valence-electron chi connectivity index (χ2n) is 5.47. The Balaban J connectivity index is 1.69. The van der Waals surface area contributed by atoms with Gasteiger partial charge in [-0.25, -0.2) is 0 Å². The zero-order valence-electron chi connectivity index (χ0n) is 11.0. The smallest absolute Gasteiger partial charge is 0.0205 e.